The van der Waals surface area contributed by atoms with Crippen LogP contribution in [0.25, 0.3) is 0 Å². The average molecular weight is 280 g/mol. The van der Waals surface area contributed by atoms with Crippen molar-refractivity contribution in [3.05, 3.63) is 42.4 Å². The van der Waals surface area contributed by atoms with Crippen LogP contribution in [-0.2, 0) is 11.2 Å². The summed E-state index contributed by atoms with van der Waals surface area (Å²) in [6.07, 6.45) is 2.25. The molecular formula is C14H18ClN3O. The molecule has 0 saturated carbocycles. The number of amides is 1. The molecule has 4 nitrogen and oxygen atoms in total. The number of hydrogen-bond donors (Lipinski definition) is 2. The van der Waals surface area contributed by atoms with Crippen molar-refractivity contribution in [1.82, 2.24) is 15.6 Å². The lowest BCUT2D eigenvalue weighted by molar-refractivity contribution is -0.122. The summed E-state index contributed by atoms with van der Waals surface area (Å²) in [5.41, 5.74) is 1.40. The zero-order valence-corrected chi connectivity index (χ0v) is 11.9. The Morgan fingerprint density at radius 1 is 1.53 bits per heavy atom. The van der Waals surface area contributed by atoms with Crippen molar-refractivity contribution >= 4 is 17.5 Å². The molecule has 0 aliphatic carbocycles. The van der Waals surface area contributed by atoms with E-state index in [0.29, 0.717) is 12.1 Å². The Labute approximate surface area is 118 Å². The van der Waals surface area contributed by atoms with Crippen LogP contribution in [0, 0.1) is 0 Å². The fraction of sp³-hybridized carbons (Fsp3) is 0.429. The normalized spacial score (nSPS) is 31.7. The molecule has 2 unspecified atom stereocenters. The van der Waals surface area contributed by atoms with Crippen molar-refractivity contribution < 1.29 is 4.79 Å². The van der Waals surface area contributed by atoms with Crippen LogP contribution < -0.4 is 10.6 Å². The summed E-state index contributed by atoms with van der Waals surface area (Å²) in [5.74, 6) is -0.119. The Morgan fingerprint density at radius 2 is 2.26 bits per heavy atom. The highest BCUT2D eigenvalue weighted by atomic mass is 35.5. The number of alkyl halides is 1. The average Bonchev–Trinajstić information content (AvgIpc) is 2.44. The lowest BCUT2D eigenvalue weighted by Gasteiger charge is -2.29. The smallest absolute Gasteiger partial charge is 0.241 e. The van der Waals surface area contributed by atoms with E-state index in [-0.39, 0.29) is 18.0 Å². The Morgan fingerprint density at radius 3 is 2.89 bits per heavy atom. The molecule has 19 heavy (non-hydrogen) atoms. The van der Waals surface area contributed by atoms with E-state index < -0.39 is 4.87 Å². The van der Waals surface area contributed by atoms with Gasteiger partial charge in [0.1, 0.15) is 0 Å². The highest BCUT2D eigenvalue weighted by Gasteiger charge is 2.39. The van der Waals surface area contributed by atoms with Gasteiger partial charge in [0, 0.05) is 30.1 Å². The van der Waals surface area contributed by atoms with Crippen molar-refractivity contribution in [3.8, 4) is 0 Å². The Hall–Kier alpha value is -1.39. The molecule has 2 rings (SSSR count). The van der Waals surface area contributed by atoms with Gasteiger partial charge in [-0.15, -0.1) is 11.6 Å². The Bertz CT molecular complexity index is 487. The van der Waals surface area contributed by atoms with Crippen molar-refractivity contribution in [2.24, 2.45) is 0 Å². The van der Waals surface area contributed by atoms with E-state index in [9.17, 15) is 4.79 Å². The van der Waals surface area contributed by atoms with Crippen molar-refractivity contribution in [2.75, 3.05) is 0 Å². The molecule has 3 atom stereocenters. The topological polar surface area (TPSA) is 54.0 Å². The number of rotatable bonds is 2. The van der Waals surface area contributed by atoms with E-state index in [4.69, 9.17) is 11.6 Å². The van der Waals surface area contributed by atoms with Gasteiger partial charge in [0.2, 0.25) is 5.91 Å². The molecule has 1 aromatic heterocycles. The maximum Gasteiger partial charge on any atom is 0.241 e. The molecule has 0 bridgehead atoms. The van der Waals surface area contributed by atoms with Crippen LogP contribution in [0.3, 0.4) is 0 Å². The molecule has 1 aliphatic heterocycles. The monoisotopic (exact) mass is 279 g/mol. The zero-order valence-electron chi connectivity index (χ0n) is 11.1. The van der Waals surface area contributed by atoms with E-state index in [1.165, 1.54) is 0 Å². The molecule has 2 N–H and O–H groups in total. The van der Waals surface area contributed by atoms with Crippen LogP contribution in [0.5, 0.6) is 0 Å². The zero-order chi connectivity index (χ0) is 14.0. The summed E-state index contributed by atoms with van der Waals surface area (Å²) in [6, 6.07) is 5.23. The SMILES string of the molecule is C=C1NC(=O)[C@@H](Cc2ccccn2)NC(C)C1(C)Cl. The third-order valence-corrected chi connectivity index (χ3v) is 4.14. The number of nitrogens with zero attached hydrogens (tertiary/aromatic N) is 1. The van der Waals surface area contributed by atoms with Gasteiger partial charge in [-0.05, 0) is 26.0 Å². The van der Waals surface area contributed by atoms with Gasteiger partial charge in [0.05, 0.1) is 10.9 Å². The van der Waals surface area contributed by atoms with E-state index >= 15 is 0 Å². The highest BCUT2D eigenvalue weighted by molar-refractivity contribution is 6.26. The highest BCUT2D eigenvalue weighted by Crippen LogP contribution is 2.28. The van der Waals surface area contributed by atoms with Crippen LogP contribution in [0.2, 0.25) is 0 Å². The molecule has 0 radical (unpaired) electrons. The Balaban J connectivity index is 2.18. The molecule has 1 saturated heterocycles. The second-order valence-corrected chi connectivity index (χ2v) is 5.79. The van der Waals surface area contributed by atoms with Gasteiger partial charge in [-0.2, -0.15) is 0 Å². The minimum Gasteiger partial charge on any atom is -0.327 e. The molecule has 1 aliphatic rings. The molecule has 0 spiro atoms. The van der Waals surface area contributed by atoms with Crippen LogP contribution in [0.15, 0.2) is 36.7 Å². The van der Waals surface area contributed by atoms with Gasteiger partial charge in [-0.25, -0.2) is 0 Å². The van der Waals surface area contributed by atoms with Crippen LogP contribution >= 0.6 is 11.6 Å². The molecule has 1 fully saturated rings. The predicted molar refractivity (Wildman–Crippen MR) is 75.9 cm³/mol. The molecule has 102 valence electrons. The fourth-order valence-corrected chi connectivity index (χ4v) is 2.14. The quantitative estimate of drug-likeness (QED) is 0.809. The molecular weight excluding hydrogens is 262 g/mol. The molecule has 5 heteroatoms. The predicted octanol–water partition coefficient (Wildman–Crippen LogP) is 1.61. The lowest BCUT2D eigenvalue weighted by Crippen LogP contribution is -2.48. The number of pyridine rings is 1. The number of halogens is 1. The van der Waals surface area contributed by atoms with Crippen molar-refractivity contribution in [1.29, 1.82) is 0 Å². The third-order valence-electron chi connectivity index (χ3n) is 3.58. The van der Waals surface area contributed by atoms with Gasteiger partial charge in [0.25, 0.3) is 0 Å². The summed E-state index contributed by atoms with van der Waals surface area (Å²) >= 11 is 6.42. The van der Waals surface area contributed by atoms with E-state index in [0.717, 1.165) is 5.69 Å². The standard InChI is InChI=1S/C14H18ClN3O/c1-9-14(3,15)10(2)18-13(19)12(17-9)8-11-6-4-5-7-16-11/h4-7,9,12,17H,2,8H2,1,3H3,(H,18,19)/t9?,12-,14?/m1/s1. The second-order valence-electron chi connectivity index (χ2n) is 5.01. The van der Waals surface area contributed by atoms with Crippen molar-refractivity contribution in [2.45, 2.75) is 37.2 Å². The fourth-order valence-electron chi connectivity index (χ4n) is 2.03. The first-order valence-electron chi connectivity index (χ1n) is 6.26. The van der Waals surface area contributed by atoms with E-state index in [1.54, 1.807) is 6.20 Å². The minimum atomic E-state index is -0.700. The van der Waals surface area contributed by atoms with Gasteiger partial charge in [-0.1, -0.05) is 12.6 Å². The molecule has 0 aromatic carbocycles. The number of hydrogen-bond acceptors (Lipinski definition) is 3. The summed E-state index contributed by atoms with van der Waals surface area (Å²) in [6.45, 7) is 7.64. The van der Waals surface area contributed by atoms with E-state index in [1.807, 2.05) is 32.0 Å². The maximum atomic E-state index is 12.1. The van der Waals surface area contributed by atoms with Gasteiger partial charge >= 0.3 is 0 Å². The number of aromatic nitrogens is 1. The van der Waals surface area contributed by atoms with Crippen LogP contribution in [0.1, 0.15) is 19.5 Å². The van der Waals surface area contributed by atoms with Crippen LogP contribution in [-0.4, -0.2) is 27.8 Å². The van der Waals surface area contributed by atoms with Gasteiger partial charge < -0.3 is 10.6 Å². The first kappa shape index (κ1) is 14.0. The summed E-state index contributed by atoms with van der Waals surface area (Å²) < 4.78 is 0. The number of carbonyl (C=O) groups excluding carboxylic acids is 1. The summed E-state index contributed by atoms with van der Waals surface area (Å²) in [4.78, 5) is 15.7. The minimum absolute atomic E-state index is 0.0747. The van der Waals surface area contributed by atoms with Crippen molar-refractivity contribution in [3.63, 3.8) is 0 Å². The first-order chi connectivity index (χ1) is 8.91. The largest absolute Gasteiger partial charge is 0.327 e. The summed E-state index contributed by atoms with van der Waals surface area (Å²) in [7, 11) is 0. The second kappa shape index (κ2) is 5.31. The van der Waals surface area contributed by atoms with Crippen LogP contribution in [0.4, 0.5) is 0 Å². The molecule has 2 heterocycles. The number of nitrogens with one attached hydrogen (secondary N) is 2. The molecule has 1 aromatic rings. The maximum absolute atomic E-state index is 12.1. The van der Waals surface area contributed by atoms with Gasteiger partial charge in [0.15, 0.2) is 0 Å². The Kier molecular flexibility index (Phi) is 3.92. The van der Waals surface area contributed by atoms with E-state index in [2.05, 4.69) is 22.2 Å². The molecule has 1 amide bonds. The summed E-state index contributed by atoms with van der Waals surface area (Å²) in [5, 5.41) is 6.03. The number of carbonyl (C=O) groups is 1. The van der Waals surface area contributed by atoms with Gasteiger partial charge in [-0.3, -0.25) is 9.78 Å². The lowest BCUT2D eigenvalue weighted by atomic mass is 9.99. The third kappa shape index (κ3) is 2.96. The first-order valence-corrected chi connectivity index (χ1v) is 6.64.